The van der Waals surface area contributed by atoms with Crippen molar-refractivity contribution in [3.8, 4) is 5.75 Å². The maximum atomic E-state index is 5.81. The van der Waals surface area contributed by atoms with Gasteiger partial charge in [-0.3, -0.25) is 0 Å². The molecular formula is C10H14ClN3O. The maximum Gasteiger partial charge on any atom is 0.146 e. The van der Waals surface area contributed by atoms with E-state index in [0.717, 1.165) is 37.6 Å². The summed E-state index contributed by atoms with van der Waals surface area (Å²) >= 11 is 5.81. The Balaban J connectivity index is 2.25. The summed E-state index contributed by atoms with van der Waals surface area (Å²) in [5.41, 5.74) is 1.02. The number of hydrogen-bond donors (Lipinski definition) is 1. The van der Waals surface area contributed by atoms with Gasteiger partial charge < -0.3 is 15.0 Å². The molecule has 0 unspecified atom stereocenters. The standard InChI is InChI=1S/C10H14ClN3O/c1-15-9-6-10(11)13-7-8(9)14-4-2-12-3-5-14/h6-7,12H,2-5H2,1H3. The molecular weight excluding hydrogens is 214 g/mol. The third kappa shape index (κ3) is 2.33. The Morgan fingerprint density at radius 2 is 2.20 bits per heavy atom. The smallest absolute Gasteiger partial charge is 0.146 e. The monoisotopic (exact) mass is 227 g/mol. The molecule has 0 aromatic carbocycles. The van der Waals surface area contributed by atoms with Gasteiger partial charge in [-0.05, 0) is 0 Å². The van der Waals surface area contributed by atoms with Crippen LogP contribution in [0.15, 0.2) is 12.3 Å². The fourth-order valence-electron chi connectivity index (χ4n) is 1.71. The molecule has 1 aromatic heterocycles. The van der Waals surface area contributed by atoms with Crippen LogP contribution in [0.5, 0.6) is 5.75 Å². The van der Waals surface area contributed by atoms with E-state index in [1.54, 1.807) is 19.4 Å². The van der Waals surface area contributed by atoms with Crippen LogP contribution in [-0.4, -0.2) is 38.3 Å². The molecule has 4 nitrogen and oxygen atoms in total. The topological polar surface area (TPSA) is 37.4 Å². The van der Waals surface area contributed by atoms with Crippen LogP contribution in [-0.2, 0) is 0 Å². The molecule has 1 fully saturated rings. The zero-order valence-electron chi connectivity index (χ0n) is 8.66. The Bertz CT molecular complexity index is 339. The lowest BCUT2D eigenvalue weighted by atomic mass is 10.3. The van der Waals surface area contributed by atoms with Crippen LogP contribution in [0.1, 0.15) is 0 Å². The van der Waals surface area contributed by atoms with Crippen molar-refractivity contribution >= 4 is 17.3 Å². The Morgan fingerprint density at radius 3 is 2.87 bits per heavy atom. The first-order chi connectivity index (χ1) is 7.31. The molecule has 0 saturated carbocycles. The minimum atomic E-state index is 0.464. The first kappa shape index (κ1) is 10.5. The molecule has 2 heterocycles. The molecule has 0 radical (unpaired) electrons. The van der Waals surface area contributed by atoms with Crippen LogP contribution >= 0.6 is 11.6 Å². The van der Waals surface area contributed by atoms with Crippen molar-refractivity contribution in [3.63, 3.8) is 0 Å². The van der Waals surface area contributed by atoms with Crippen LogP contribution in [0.25, 0.3) is 0 Å². The van der Waals surface area contributed by atoms with Crippen molar-refractivity contribution in [2.75, 3.05) is 38.2 Å². The molecule has 0 amide bonds. The van der Waals surface area contributed by atoms with E-state index in [9.17, 15) is 0 Å². The number of hydrogen-bond acceptors (Lipinski definition) is 4. The van der Waals surface area contributed by atoms with Crippen LogP contribution in [0.3, 0.4) is 0 Å². The molecule has 1 N–H and O–H groups in total. The largest absolute Gasteiger partial charge is 0.494 e. The van der Waals surface area contributed by atoms with E-state index in [1.807, 2.05) is 0 Å². The Kier molecular flexibility index (Phi) is 3.28. The van der Waals surface area contributed by atoms with Gasteiger partial charge in [-0.15, -0.1) is 0 Å². The predicted molar refractivity (Wildman–Crippen MR) is 60.9 cm³/mol. The fraction of sp³-hybridized carbons (Fsp3) is 0.500. The van der Waals surface area contributed by atoms with Gasteiger partial charge in [0.1, 0.15) is 10.9 Å². The van der Waals surface area contributed by atoms with Crippen molar-refractivity contribution in [2.45, 2.75) is 0 Å². The molecule has 1 aromatic rings. The SMILES string of the molecule is COc1cc(Cl)ncc1N1CCNCC1. The van der Waals surface area contributed by atoms with Crippen LogP contribution in [0.4, 0.5) is 5.69 Å². The average molecular weight is 228 g/mol. The quantitative estimate of drug-likeness (QED) is 0.770. The number of anilines is 1. The highest BCUT2D eigenvalue weighted by molar-refractivity contribution is 6.29. The number of methoxy groups -OCH3 is 1. The van der Waals surface area contributed by atoms with Gasteiger partial charge in [-0.25, -0.2) is 4.98 Å². The average Bonchev–Trinajstić information content (AvgIpc) is 2.30. The molecule has 0 aliphatic carbocycles. The van der Waals surface area contributed by atoms with Gasteiger partial charge in [0.05, 0.1) is 19.0 Å². The third-order valence-corrected chi connectivity index (χ3v) is 2.70. The van der Waals surface area contributed by atoms with Crippen molar-refractivity contribution in [1.29, 1.82) is 0 Å². The number of ether oxygens (including phenoxy) is 1. The molecule has 5 heteroatoms. The van der Waals surface area contributed by atoms with Crippen LogP contribution in [0, 0.1) is 0 Å². The molecule has 15 heavy (non-hydrogen) atoms. The molecule has 0 atom stereocenters. The summed E-state index contributed by atoms with van der Waals surface area (Å²) in [5, 5.41) is 3.77. The first-order valence-corrected chi connectivity index (χ1v) is 5.34. The van der Waals surface area contributed by atoms with Gasteiger partial charge in [0.15, 0.2) is 0 Å². The van der Waals surface area contributed by atoms with Gasteiger partial charge in [0, 0.05) is 32.2 Å². The number of nitrogens with zero attached hydrogens (tertiary/aromatic N) is 2. The maximum absolute atomic E-state index is 5.81. The van der Waals surface area contributed by atoms with E-state index in [2.05, 4.69) is 15.2 Å². The first-order valence-electron chi connectivity index (χ1n) is 4.96. The lowest BCUT2D eigenvalue weighted by Gasteiger charge is -2.30. The molecule has 0 bridgehead atoms. The number of nitrogens with one attached hydrogen (secondary N) is 1. The van der Waals surface area contributed by atoms with Crippen LogP contribution in [0.2, 0.25) is 5.15 Å². The minimum Gasteiger partial charge on any atom is -0.494 e. The molecule has 82 valence electrons. The summed E-state index contributed by atoms with van der Waals surface area (Å²) < 4.78 is 5.29. The minimum absolute atomic E-state index is 0.464. The normalized spacial score (nSPS) is 16.5. The number of halogens is 1. The highest BCUT2D eigenvalue weighted by Gasteiger charge is 2.15. The highest BCUT2D eigenvalue weighted by atomic mass is 35.5. The van der Waals surface area contributed by atoms with E-state index in [-0.39, 0.29) is 0 Å². The predicted octanol–water partition coefficient (Wildman–Crippen LogP) is 1.15. The summed E-state index contributed by atoms with van der Waals surface area (Å²) in [6.07, 6.45) is 1.77. The summed E-state index contributed by atoms with van der Waals surface area (Å²) in [6, 6.07) is 1.75. The van der Waals surface area contributed by atoms with Crippen molar-refractivity contribution in [1.82, 2.24) is 10.3 Å². The molecule has 1 saturated heterocycles. The van der Waals surface area contributed by atoms with E-state index in [0.29, 0.717) is 5.15 Å². The van der Waals surface area contributed by atoms with Gasteiger partial charge in [-0.1, -0.05) is 11.6 Å². The highest BCUT2D eigenvalue weighted by Crippen LogP contribution is 2.29. The second-order valence-corrected chi connectivity index (χ2v) is 3.80. The van der Waals surface area contributed by atoms with Crippen molar-refractivity contribution in [3.05, 3.63) is 17.4 Å². The molecule has 1 aliphatic heterocycles. The lowest BCUT2D eigenvalue weighted by molar-refractivity contribution is 0.412. The van der Waals surface area contributed by atoms with Crippen molar-refractivity contribution in [2.24, 2.45) is 0 Å². The van der Waals surface area contributed by atoms with Gasteiger partial charge in [0.2, 0.25) is 0 Å². The summed E-state index contributed by atoms with van der Waals surface area (Å²) in [6.45, 7) is 3.93. The van der Waals surface area contributed by atoms with E-state index in [4.69, 9.17) is 16.3 Å². The summed E-state index contributed by atoms with van der Waals surface area (Å²) in [5.74, 6) is 0.789. The van der Waals surface area contributed by atoms with E-state index >= 15 is 0 Å². The summed E-state index contributed by atoms with van der Waals surface area (Å²) in [7, 11) is 1.65. The molecule has 1 aliphatic rings. The number of rotatable bonds is 2. The van der Waals surface area contributed by atoms with Crippen LogP contribution < -0.4 is 15.0 Å². The third-order valence-electron chi connectivity index (χ3n) is 2.49. The van der Waals surface area contributed by atoms with E-state index in [1.165, 1.54) is 0 Å². The molecule has 2 rings (SSSR count). The number of pyridine rings is 1. The Morgan fingerprint density at radius 1 is 1.47 bits per heavy atom. The number of piperazine rings is 1. The van der Waals surface area contributed by atoms with E-state index < -0.39 is 0 Å². The second-order valence-electron chi connectivity index (χ2n) is 3.42. The van der Waals surface area contributed by atoms with Crippen molar-refractivity contribution < 1.29 is 4.74 Å². The Labute approximate surface area is 94.2 Å². The zero-order chi connectivity index (χ0) is 10.7. The number of aromatic nitrogens is 1. The lowest BCUT2D eigenvalue weighted by Crippen LogP contribution is -2.43. The fourth-order valence-corrected chi connectivity index (χ4v) is 1.86. The Hall–Kier alpha value is -1.00. The zero-order valence-corrected chi connectivity index (χ0v) is 9.42. The summed E-state index contributed by atoms with van der Waals surface area (Å²) in [4.78, 5) is 6.33. The van der Waals surface area contributed by atoms with Gasteiger partial charge >= 0.3 is 0 Å². The van der Waals surface area contributed by atoms with Gasteiger partial charge in [-0.2, -0.15) is 0 Å². The molecule has 0 spiro atoms. The van der Waals surface area contributed by atoms with Gasteiger partial charge in [0.25, 0.3) is 0 Å². The second kappa shape index (κ2) is 4.68.